The quantitative estimate of drug-likeness (QED) is 0.734. The molecule has 82 valence electrons. The van der Waals surface area contributed by atoms with Gasteiger partial charge in [0, 0.05) is 11.8 Å². The molecule has 0 aromatic heterocycles. The topological polar surface area (TPSA) is 51.2 Å². The molecule has 0 aliphatic heterocycles. The van der Waals surface area contributed by atoms with Crippen molar-refractivity contribution in [3.63, 3.8) is 0 Å². The number of hydrogen-bond acceptors (Lipinski definition) is 3. The Balaban J connectivity index is 3.02. The molecule has 0 N–H and O–H groups in total. The van der Waals surface area contributed by atoms with E-state index < -0.39 is 15.6 Å². The fourth-order valence-electron chi connectivity index (χ4n) is 1.44. The van der Waals surface area contributed by atoms with E-state index in [-0.39, 0.29) is 5.78 Å². The standard InChI is InChI=1S/C11H14O3S/c1-8-4-5-10(9(2)6-8)11(12)7-15(3,13)14/h4-6H,7H2,1-3H3. The number of sulfone groups is 1. The molecule has 0 unspecified atom stereocenters. The fraction of sp³-hybridized carbons (Fsp3) is 0.364. The Hall–Kier alpha value is -1.16. The molecule has 0 aliphatic carbocycles. The van der Waals surface area contributed by atoms with Crippen molar-refractivity contribution in [1.29, 1.82) is 0 Å². The van der Waals surface area contributed by atoms with Crippen molar-refractivity contribution in [2.24, 2.45) is 0 Å². The van der Waals surface area contributed by atoms with Gasteiger partial charge in [0.1, 0.15) is 5.75 Å². The number of carbonyl (C=O) groups excluding carboxylic acids is 1. The van der Waals surface area contributed by atoms with Crippen molar-refractivity contribution < 1.29 is 13.2 Å². The summed E-state index contributed by atoms with van der Waals surface area (Å²) in [6.45, 7) is 3.74. The Bertz CT molecular complexity index is 487. The van der Waals surface area contributed by atoms with Gasteiger partial charge in [-0.05, 0) is 19.4 Å². The van der Waals surface area contributed by atoms with Gasteiger partial charge in [0.2, 0.25) is 0 Å². The summed E-state index contributed by atoms with van der Waals surface area (Å²) < 4.78 is 21.9. The van der Waals surface area contributed by atoms with Crippen LogP contribution in [0.25, 0.3) is 0 Å². The van der Waals surface area contributed by atoms with Gasteiger partial charge in [-0.25, -0.2) is 8.42 Å². The average Bonchev–Trinajstić information content (AvgIpc) is 1.99. The highest BCUT2D eigenvalue weighted by Gasteiger charge is 2.14. The van der Waals surface area contributed by atoms with Crippen LogP contribution in [-0.4, -0.2) is 26.2 Å². The molecule has 0 bridgehead atoms. The Kier molecular flexibility index (Phi) is 3.29. The van der Waals surface area contributed by atoms with Crippen LogP contribution < -0.4 is 0 Å². The van der Waals surface area contributed by atoms with Crippen LogP contribution in [0, 0.1) is 13.8 Å². The monoisotopic (exact) mass is 226 g/mol. The number of carbonyl (C=O) groups is 1. The molecule has 15 heavy (non-hydrogen) atoms. The lowest BCUT2D eigenvalue weighted by Gasteiger charge is -2.04. The third-order valence-corrected chi connectivity index (χ3v) is 2.86. The van der Waals surface area contributed by atoms with Gasteiger partial charge in [-0.15, -0.1) is 0 Å². The van der Waals surface area contributed by atoms with Crippen LogP contribution in [0.15, 0.2) is 18.2 Å². The summed E-state index contributed by atoms with van der Waals surface area (Å²) in [5.74, 6) is -0.758. The van der Waals surface area contributed by atoms with Gasteiger partial charge in [0.15, 0.2) is 15.6 Å². The van der Waals surface area contributed by atoms with E-state index in [1.165, 1.54) is 0 Å². The van der Waals surface area contributed by atoms with Crippen LogP contribution in [-0.2, 0) is 9.84 Å². The van der Waals surface area contributed by atoms with Gasteiger partial charge < -0.3 is 0 Å². The molecule has 0 saturated carbocycles. The van der Waals surface area contributed by atoms with Gasteiger partial charge >= 0.3 is 0 Å². The van der Waals surface area contributed by atoms with Crippen molar-refractivity contribution in [2.45, 2.75) is 13.8 Å². The molecule has 0 aliphatic rings. The molecule has 4 heteroatoms. The molecule has 0 atom stereocenters. The molecule has 0 saturated heterocycles. The van der Waals surface area contributed by atoms with E-state index in [2.05, 4.69) is 0 Å². The molecule has 0 spiro atoms. The zero-order valence-corrected chi connectivity index (χ0v) is 9.89. The summed E-state index contributed by atoms with van der Waals surface area (Å²) in [5, 5.41) is 0. The molecular weight excluding hydrogens is 212 g/mol. The largest absolute Gasteiger partial charge is 0.293 e. The van der Waals surface area contributed by atoms with Crippen LogP contribution in [0.2, 0.25) is 0 Å². The molecule has 0 heterocycles. The number of benzene rings is 1. The van der Waals surface area contributed by atoms with Crippen LogP contribution in [0.4, 0.5) is 0 Å². The Labute approximate surface area is 90.0 Å². The number of ketones is 1. The van der Waals surface area contributed by atoms with Crippen LogP contribution in [0.1, 0.15) is 21.5 Å². The summed E-state index contributed by atoms with van der Waals surface area (Å²) in [6, 6.07) is 5.36. The SMILES string of the molecule is Cc1ccc(C(=O)CS(C)(=O)=O)c(C)c1. The van der Waals surface area contributed by atoms with Gasteiger partial charge in [-0.1, -0.05) is 23.8 Å². The van der Waals surface area contributed by atoms with E-state index in [4.69, 9.17) is 0 Å². The molecule has 0 fully saturated rings. The Morgan fingerprint density at radius 2 is 1.87 bits per heavy atom. The maximum Gasteiger partial charge on any atom is 0.178 e. The number of rotatable bonds is 3. The maximum atomic E-state index is 11.6. The normalized spacial score (nSPS) is 11.4. The van der Waals surface area contributed by atoms with Crippen molar-refractivity contribution in [3.05, 3.63) is 34.9 Å². The lowest BCUT2D eigenvalue weighted by Crippen LogP contribution is -2.15. The van der Waals surface area contributed by atoms with Crippen LogP contribution in [0.5, 0.6) is 0 Å². The van der Waals surface area contributed by atoms with E-state index in [0.717, 1.165) is 17.4 Å². The highest BCUT2D eigenvalue weighted by Crippen LogP contribution is 2.11. The first-order valence-electron chi connectivity index (χ1n) is 4.58. The van der Waals surface area contributed by atoms with Gasteiger partial charge in [0.25, 0.3) is 0 Å². The first kappa shape index (κ1) is 11.9. The second kappa shape index (κ2) is 4.14. The number of Topliss-reactive ketones (excluding diaryl/α,β-unsaturated/α-hetero) is 1. The molecule has 0 radical (unpaired) electrons. The zero-order chi connectivity index (χ0) is 11.6. The van der Waals surface area contributed by atoms with E-state index in [9.17, 15) is 13.2 Å². The highest BCUT2D eigenvalue weighted by molar-refractivity contribution is 7.91. The molecule has 3 nitrogen and oxygen atoms in total. The molecule has 0 amide bonds. The van der Waals surface area contributed by atoms with Crippen molar-refractivity contribution >= 4 is 15.6 Å². The minimum Gasteiger partial charge on any atom is -0.293 e. The first-order valence-corrected chi connectivity index (χ1v) is 6.64. The second-order valence-corrected chi connectivity index (χ2v) is 5.95. The molecule has 1 aromatic carbocycles. The smallest absolute Gasteiger partial charge is 0.178 e. The summed E-state index contributed by atoms with van der Waals surface area (Å²) in [7, 11) is -3.25. The zero-order valence-electron chi connectivity index (χ0n) is 9.07. The minimum absolute atomic E-state index is 0.338. The molecule has 1 rings (SSSR count). The predicted molar refractivity (Wildman–Crippen MR) is 60.0 cm³/mol. The summed E-state index contributed by atoms with van der Waals surface area (Å²) in [5.41, 5.74) is 2.37. The van der Waals surface area contributed by atoms with Gasteiger partial charge in [0.05, 0.1) is 0 Å². The highest BCUT2D eigenvalue weighted by atomic mass is 32.2. The Morgan fingerprint density at radius 3 is 2.33 bits per heavy atom. The van der Waals surface area contributed by atoms with Gasteiger partial charge in [-0.3, -0.25) is 4.79 Å². The van der Waals surface area contributed by atoms with Crippen LogP contribution >= 0.6 is 0 Å². The van der Waals surface area contributed by atoms with E-state index >= 15 is 0 Å². The predicted octanol–water partition coefficient (Wildman–Crippen LogP) is 1.53. The third kappa shape index (κ3) is 3.47. The first-order chi connectivity index (χ1) is 6.79. The summed E-state index contributed by atoms with van der Waals surface area (Å²) >= 11 is 0. The fourth-order valence-corrected chi connectivity index (χ4v) is 2.07. The summed E-state index contributed by atoms with van der Waals surface area (Å²) in [4.78, 5) is 11.6. The molecular formula is C11H14O3S. The van der Waals surface area contributed by atoms with Gasteiger partial charge in [-0.2, -0.15) is 0 Å². The maximum absolute atomic E-state index is 11.6. The third-order valence-electron chi connectivity index (χ3n) is 2.08. The van der Waals surface area contributed by atoms with Crippen molar-refractivity contribution in [1.82, 2.24) is 0 Å². The second-order valence-electron chi connectivity index (χ2n) is 3.81. The average molecular weight is 226 g/mol. The number of hydrogen-bond donors (Lipinski definition) is 0. The van der Waals surface area contributed by atoms with E-state index in [0.29, 0.717) is 5.56 Å². The van der Waals surface area contributed by atoms with Crippen molar-refractivity contribution in [3.8, 4) is 0 Å². The minimum atomic E-state index is -3.25. The Morgan fingerprint density at radius 1 is 1.27 bits per heavy atom. The molecule has 1 aromatic rings. The van der Waals surface area contributed by atoms with Crippen LogP contribution in [0.3, 0.4) is 0 Å². The van der Waals surface area contributed by atoms with E-state index in [1.54, 1.807) is 6.07 Å². The lowest BCUT2D eigenvalue weighted by atomic mass is 10.0. The lowest BCUT2D eigenvalue weighted by molar-refractivity contribution is 0.102. The summed E-state index contributed by atoms with van der Waals surface area (Å²) in [6.07, 6.45) is 1.06. The van der Waals surface area contributed by atoms with E-state index in [1.807, 2.05) is 26.0 Å². The van der Waals surface area contributed by atoms with Crippen molar-refractivity contribution in [2.75, 3.05) is 12.0 Å². The number of aryl methyl sites for hydroxylation is 2.